The molecule has 1 aromatic rings. The van der Waals surface area contributed by atoms with E-state index < -0.39 is 27.5 Å². The topological polar surface area (TPSA) is 118 Å². The highest BCUT2D eigenvalue weighted by molar-refractivity contribution is 7.88. The Morgan fingerprint density at radius 2 is 2.00 bits per heavy atom. The van der Waals surface area contributed by atoms with Crippen LogP contribution >= 0.6 is 0 Å². The lowest BCUT2D eigenvalue weighted by molar-refractivity contribution is 0.0693. The molecule has 0 aromatic heterocycles. The molecule has 0 aliphatic carbocycles. The highest BCUT2D eigenvalue weighted by Gasteiger charge is 2.12. The predicted octanol–water partition coefficient (Wildman–Crippen LogP) is -0.121. The summed E-state index contributed by atoms with van der Waals surface area (Å²) in [6.07, 6.45) is 0. The summed E-state index contributed by atoms with van der Waals surface area (Å²) in [7, 11) is -3.71. The van der Waals surface area contributed by atoms with Crippen molar-refractivity contribution in [1.82, 2.24) is 0 Å². The molecule has 0 heterocycles. The Labute approximate surface area is 86.0 Å². The zero-order chi connectivity index (χ0) is 11.6. The molecular weight excluding hydrogens is 222 g/mol. The van der Waals surface area contributed by atoms with Gasteiger partial charge in [-0.2, -0.15) is 0 Å². The molecule has 0 amide bonds. The van der Waals surface area contributed by atoms with Crippen molar-refractivity contribution in [3.8, 4) is 5.75 Å². The first-order valence-electron chi connectivity index (χ1n) is 3.85. The van der Waals surface area contributed by atoms with Crippen molar-refractivity contribution < 1.29 is 23.4 Å². The van der Waals surface area contributed by atoms with E-state index in [0.717, 1.165) is 12.1 Å². The van der Waals surface area contributed by atoms with Gasteiger partial charge >= 0.3 is 5.97 Å². The minimum Gasteiger partial charge on any atom is -0.507 e. The summed E-state index contributed by atoms with van der Waals surface area (Å²) in [5.41, 5.74) is -0.135. The second kappa shape index (κ2) is 3.87. The SMILES string of the molecule is NS(=O)(=O)Cc1ccc(O)c(C(=O)O)c1. The molecule has 0 saturated heterocycles. The molecule has 0 fully saturated rings. The van der Waals surface area contributed by atoms with Crippen LogP contribution in [-0.2, 0) is 15.8 Å². The maximum absolute atomic E-state index is 10.7. The van der Waals surface area contributed by atoms with Crippen LogP contribution in [0.4, 0.5) is 0 Å². The summed E-state index contributed by atoms with van der Waals surface area (Å²) < 4.78 is 21.5. The van der Waals surface area contributed by atoms with Crippen LogP contribution in [0.15, 0.2) is 18.2 Å². The molecular formula is C8H9NO5S. The minimum absolute atomic E-state index is 0.215. The van der Waals surface area contributed by atoms with Gasteiger partial charge in [0.25, 0.3) is 0 Å². The predicted molar refractivity (Wildman–Crippen MR) is 51.9 cm³/mol. The largest absolute Gasteiger partial charge is 0.507 e. The lowest BCUT2D eigenvalue weighted by atomic mass is 10.1. The second-order valence-electron chi connectivity index (χ2n) is 2.96. The van der Waals surface area contributed by atoms with Crippen LogP contribution < -0.4 is 5.14 Å². The third-order valence-corrected chi connectivity index (χ3v) is 2.39. The molecule has 7 heteroatoms. The average molecular weight is 231 g/mol. The van der Waals surface area contributed by atoms with Crippen LogP contribution in [0.3, 0.4) is 0 Å². The summed E-state index contributed by atoms with van der Waals surface area (Å²) in [4.78, 5) is 10.6. The number of benzene rings is 1. The summed E-state index contributed by atoms with van der Waals surface area (Å²) in [6, 6.07) is 3.48. The van der Waals surface area contributed by atoms with Crippen LogP contribution in [0.1, 0.15) is 15.9 Å². The molecule has 0 unspecified atom stereocenters. The first-order valence-corrected chi connectivity index (χ1v) is 5.57. The Hall–Kier alpha value is -1.60. The van der Waals surface area contributed by atoms with Crippen molar-refractivity contribution in [3.05, 3.63) is 29.3 Å². The minimum atomic E-state index is -3.71. The van der Waals surface area contributed by atoms with Crippen LogP contribution in [0, 0.1) is 0 Å². The van der Waals surface area contributed by atoms with E-state index in [1.165, 1.54) is 6.07 Å². The van der Waals surface area contributed by atoms with Gasteiger partial charge < -0.3 is 10.2 Å². The van der Waals surface area contributed by atoms with Gasteiger partial charge in [-0.25, -0.2) is 18.4 Å². The fourth-order valence-electron chi connectivity index (χ4n) is 1.08. The van der Waals surface area contributed by atoms with E-state index in [1.54, 1.807) is 0 Å². The number of primary sulfonamides is 1. The quantitative estimate of drug-likeness (QED) is 0.670. The van der Waals surface area contributed by atoms with Gasteiger partial charge in [-0.15, -0.1) is 0 Å². The van der Waals surface area contributed by atoms with Crippen molar-refractivity contribution in [3.63, 3.8) is 0 Å². The zero-order valence-corrected chi connectivity index (χ0v) is 8.36. The Morgan fingerprint density at radius 3 is 2.47 bits per heavy atom. The summed E-state index contributed by atoms with van der Waals surface area (Å²) in [5.74, 6) is -2.21. The van der Waals surface area contributed by atoms with Gasteiger partial charge in [-0.05, 0) is 17.7 Å². The highest BCUT2D eigenvalue weighted by Crippen LogP contribution is 2.19. The number of hydrogen-bond acceptors (Lipinski definition) is 4. The number of phenols is 1. The molecule has 1 rings (SSSR count). The van der Waals surface area contributed by atoms with E-state index in [0.29, 0.717) is 0 Å². The molecule has 15 heavy (non-hydrogen) atoms. The first kappa shape index (κ1) is 11.5. The number of rotatable bonds is 3. The van der Waals surface area contributed by atoms with Crippen molar-refractivity contribution in [1.29, 1.82) is 0 Å². The lowest BCUT2D eigenvalue weighted by Gasteiger charge is -2.03. The van der Waals surface area contributed by atoms with E-state index in [-0.39, 0.29) is 11.1 Å². The number of sulfonamides is 1. The molecule has 0 saturated carbocycles. The summed E-state index contributed by atoms with van der Waals surface area (Å²) >= 11 is 0. The molecule has 82 valence electrons. The van der Waals surface area contributed by atoms with Crippen molar-refractivity contribution in [2.75, 3.05) is 0 Å². The van der Waals surface area contributed by atoms with Crippen LogP contribution in [0.25, 0.3) is 0 Å². The van der Waals surface area contributed by atoms with Crippen molar-refractivity contribution in [2.24, 2.45) is 5.14 Å². The first-order chi connectivity index (χ1) is 6.79. The van der Waals surface area contributed by atoms with Gasteiger partial charge in [-0.3, -0.25) is 0 Å². The van der Waals surface area contributed by atoms with Gasteiger partial charge in [-0.1, -0.05) is 6.07 Å². The number of hydrogen-bond donors (Lipinski definition) is 3. The molecule has 0 spiro atoms. The van der Waals surface area contributed by atoms with Gasteiger partial charge in [0.05, 0.1) is 5.75 Å². The number of nitrogens with two attached hydrogens (primary N) is 1. The fourth-order valence-corrected chi connectivity index (χ4v) is 1.72. The number of aromatic hydroxyl groups is 1. The van der Waals surface area contributed by atoms with E-state index in [9.17, 15) is 13.2 Å². The van der Waals surface area contributed by atoms with Crippen LogP contribution in [-0.4, -0.2) is 24.6 Å². The number of carboxylic acids is 1. The van der Waals surface area contributed by atoms with Gasteiger partial charge in [0.2, 0.25) is 10.0 Å². The van der Waals surface area contributed by atoms with Crippen LogP contribution in [0.2, 0.25) is 0 Å². The molecule has 0 aliphatic heterocycles. The summed E-state index contributed by atoms with van der Waals surface area (Å²) in [5, 5.41) is 22.6. The number of carbonyl (C=O) groups is 1. The Morgan fingerprint density at radius 1 is 1.40 bits per heavy atom. The molecule has 1 aromatic carbocycles. The van der Waals surface area contributed by atoms with Crippen LogP contribution in [0.5, 0.6) is 5.75 Å². The average Bonchev–Trinajstić information content (AvgIpc) is 2.05. The standard InChI is InChI=1S/C8H9NO5S/c9-15(13,14)4-5-1-2-7(10)6(3-5)8(11)12/h1-3,10H,4H2,(H,11,12)(H2,9,13,14). The lowest BCUT2D eigenvalue weighted by Crippen LogP contribution is -2.14. The maximum Gasteiger partial charge on any atom is 0.339 e. The third-order valence-electron chi connectivity index (χ3n) is 1.66. The summed E-state index contributed by atoms with van der Waals surface area (Å²) in [6.45, 7) is 0. The molecule has 0 atom stereocenters. The molecule has 0 radical (unpaired) electrons. The zero-order valence-electron chi connectivity index (χ0n) is 7.54. The van der Waals surface area contributed by atoms with Gasteiger partial charge in [0.15, 0.2) is 0 Å². The Kier molecular flexibility index (Phi) is 2.96. The van der Waals surface area contributed by atoms with E-state index in [1.807, 2.05) is 0 Å². The third kappa shape index (κ3) is 3.22. The van der Waals surface area contributed by atoms with E-state index in [2.05, 4.69) is 0 Å². The van der Waals surface area contributed by atoms with Crippen molar-refractivity contribution in [2.45, 2.75) is 5.75 Å². The van der Waals surface area contributed by atoms with Gasteiger partial charge in [0, 0.05) is 0 Å². The normalized spacial score (nSPS) is 11.3. The fraction of sp³-hybridized carbons (Fsp3) is 0.125. The monoisotopic (exact) mass is 231 g/mol. The highest BCUT2D eigenvalue weighted by atomic mass is 32.2. The second-order valence-corrected chi connectivity index (χ2v) is 4.58. The maximum atomic E-state index is 10.7. The molecule has 0 bridgehead atoms. The Bertz CT molecular complexity index is 494. The number of carboxylic acid groups (broad SMARTS) is 1. The number of aromatic carboxylic acids is 1. The van der Waals surface area contributed by atoms with E-state index >= 15 is 0 Å². The van der Waals surface area contributed by atoms with E-state index in [4.69, 9.17) is 15.4 Å². The molecule has 0 aliphatic rings. The van der Waals surface area contributed by atoms with Crippen molar-refractivity contribution >= 4 is 16.0 Å². The Balaban J connectivity index is 3.14. The smallest absolute Gasteiger partial charge is 0.339 e. The van der Waals surface area contributed by atoms with Gasteiger partial charge in [0.1, 0.15) is 11.3 Å². The molecule has 6 nitrogen and oxygen atoms in total. The molecule has 4 N–H and O–H groups in total.